The molecule has 0 amide bonds. The van der Waals surface area contributed by atoms with Crippen LogP contribution in [0, 0.1) is 4.77 Å². The van der Waals surface area contributed by atoms with E-state index in [2.05, 4.69) is 15.3 Å². The van der Waals surface area contributed by atoms with E-state index < -0.39 is 0 Å². The van der Waals surface area contributed by atoms with Crippen LogP contribution in [-0.2, 0) is 6.42 Å². The number of ether oxygens (including phenoxy) is 3. The van der Waals surface area contributed by atoms with E-state index in [0.29, 0.717) is 28.5 Å². The predicted molar refractivity (Wildman–Crippen MR) is 106 cm³/mol. The average molecular weight is 384 g/mol. The Labute approximate surface area is 162 Å². The Kier molecular flexibility index (Phi) is 5.87. The maximum absolute atomic E-state index is 5.43. The topological polar surface area (TPSA) is 73.7 Å². The summed E-state index contributed by atoms with van der Waals surface area (Å²) in [5.41, 5.74) is 1.84. The van der Waals surface area contributed by atoms with Gasteiger partial charge in [-0.05, 0) is 42.0 Å². The van der Waals surface area contributed by atoms with Gasteiger partial charge in [-0.1, -0.05) is 18.2 Å². The van der Waals surface area contributed by atoms with Gasteiger partial charge in [0.25, 0.3) is 0 Å². The van der Waals surface area contributed by atoms with Crippen LogP contribution >= 0.6 is 12.2 Å². The maximum atomic E-state index is 5.43. The van der Waals surface area contributed by atoms with Gasteiger partial charge in [0.15, 0.2) is 17.3 Å². The second kappa shape index (κ2) is 8.50. The number of nitrogens with one attached hydrogen (secondary N) is 1. The van der Waals surface area contributed by atoms with Crippen LogP contribution in [0.5, 0.6) is 17.2 Å². The van der Waals surface area contributed by atoms with E-state index in [1.165, 1.54) is 0 Å². The fourth-order valence-electron chi connectivity index (χ4n) is 2.62. The highest BCUT2D eigenvalue weighted by atomic mass is 32.1. The zero-order valence-corrected chi connectivity index (χ0v) is 16.1. The summed E-state index contributed by atoms with van der Waals surface area (Å²) in [7, 11) is 4.83. The quantitative estimate of drug-likeness (QED) is 0.499. The van der Waals surface area contributed by atoms with Gasteiger partial charge in [0.05, 0.1) is 27.5 Å². The van der Waals surface area contributed by atoms with Gasteiger partial charge in [0, 0.05) is 12.0 Å². The van der Waals surface area contributed by atoms with Crippen molar-refractivity contribution in [1.29, 1.82) is 0 Å². The van der Waals surface area contributed by atoms with Crippen LogP contribution in [0.15, 0.2) is 47.6 Å². The van der Waals surface area contributed by atoms with E-state index >= 15 is 0 Å². The number of aromatic nitrogens is 3. The van der Waals surface area contributed by atoms with E-state index in [4.69, 9.17) is 26.4 Å². The van der Waals surface area contributed by atoms with E-state index in [-0.39, 0.29) is 0 Å². The summed E-state index contributed by atoms with van der Waals surface area (Å²) in [5, 5.41) is 11.6. The van der Waals surface area contributed by atoms with Crippen molar-refractivity contribution in [2.24, 2.45) is 5.10 Å². The van der Waals surface area contributed by atoms with Gasteiger partial charge in [-0.25, -0.2) is 0 Å². The highest BCUT2D eigenvalue weighted by Gasteiger charge is 2.09. The summed E-state index contributed by atoms with van der Waals surface area (Å²) in [4.78, 5) is 0. The van der Waals surface area contributed by atoms with Crippen LogP contribution in [0.4, 0.5) is 0 Å². The number of nitrogens with zero attached hydrogens (tertiary/aromatic N) is 3. The lowest BCUT2D eigenvalue weighted by Crippen LogP contribution is -2.01. The van der Waals surface area contributed by atoms with Gasteiger partial charge in [0.2, 0.25) is 4.77 Å². The van der Waals surface area contributed by atoms with Crippen LogP contribution in [0.1, 0.15) is 17.0 Å². The molecule has 3 rings (SSSR count). The van der Waals surface area contributed by atoms with E-state index in [1.54, 1.807) is 32.2 Å². The molecule has 2 aromatic carbocycles. The van der Waals surface area contributed by atoms with Crippen molar-refractivity contribution in [2.75, 3.05) is 21.3 Å². The SMILES string of the molecule is COc1ccc(Cc2n[nH]c(=S)n2/N=C\c2cccc(OC)c2OC)cc1. The summed E-state index contributed by atoms with van der Waals surface area (Å²) < 4.78 is 17.9. The lowest BCUT2D eigenvalue weighted by Gasteiger charge is -2.09. The second-order valence-electron chi connectivity index (χ2n) is 5.61. The Bertz CT molecular complexity index is 993. The van der Waals surface area contributed by atoms with Crippen LogP contribution in [0.2, 0.25) is 0 Å². The Morgan fingerprint density at radius 3 is 2.52 bits per heavy atom. The fourth-order valence-corrected chi connectivity index (χ4v) is 2.82. The van der Waals surface area contributed by atoms with Crippen molar-refractivity contribution >= 4 is 18.4 Å². The minimum atomic E-state index is 0.414. The molecule has 0 spiro atoms. The molecule has 3 aromatic rings. The molecule has 0 aliphatic carbocycles. The molecule has 7 nitrogen and oxygen atoms in total. The summed E-state index contributed by atoms with van der Waals surface area (Å²) in [6, 6.07) is 13.4. The van der Waals surface area contributed by atoms with E-state index in [0.717, 1.165) is 16.9 Å². The normalized spacial score (nSPS) is 10.9. The van der Waals surface area contributed by atoms with Crippen LogP contribution < -0.4 is 14.2 Å². The van der Waals surface area contributed by atoms with Crippen molar-refractivity contribution in [1.82, 2.24) is 14.9 Å². The number of para-hydroxylation sites is 1. The number of aromatic amines is 1. The summed E-state index contributed by atoms with van der Waals surface area (Å²) in [5.74, 6) is 2.75. The molecule has 0 fully saturated rings. The molecule has 0 aliphatic rings. The lowest BCUT2D eigenvalue weighted by molar-refractivity contribution is 0.354. The molecule has 27 heavy (non-hydrogen) atoms. The van der Waals surface area contributed by atoms with Gasteiger partial charge in [-0.2, -0.15) is 14.9 Å². The molecule has 8 heteroatoms. The number of methoxy groups -OCH3 is 3. The maximum Gasteiger partial charge on any atom is 0.216 e. The first kappa shape index (κ1) is 18.7. The molecule has 0 unspecified atom stereocenters. The molecule has 1 heterocycles. The standard InChI is InChI=1S/C19H20N4O3S/c1-24-15-9-7-13(8-10-15)11-17-21-22-19(27)23(17)20-12-14-5-4-6-16(25-2)18(14)26-3/h4-10,12H,11H2,1-3H3,(H,22,27)/b20-12-. The molecule has 0 saturated heterocycles. The average Bonchev–Trinajstić information content (AvgIpc) is 3.05. The molecule has 0 saturated carbocycles. The van der Waals surface area contributed by atoms with Gasteiger partial charge in [-0.15, -0.1) is 0 Å². The Hall–Kier alpha value is -3.13. The fraction of sp³-hybridized carbons (Fsp3) is 0.211. The third-order valence-electron chi connectivity index (χ3n) is 3.98. The van der Waals surface area contributed by atoms with Crippen LogP contribution in [-0.4, -0.2) is 42.4 Å². The zero-order valence-electron chi connectivity index (χ0n) is 15.3. The predicted octanol–water partition coefficient (Wildman–Crippen LogP) is 3.44. The third-order valence-corrected chi connectivity index (χ3v) is 4.25. The van der Waals surface area contributed by atoms with Crippen molar-refractivity contribution in [2.45, 2.75) is 6.42 Å². The van der Waals surface area contributed by atoms with Crippen molar-refractivity contribution < 1.29 is 14.2 Å². The zero-order chi connectivity index (χ0) is 19.2. The van der Waals surface area contributed by atoms with Crippen molar-refractivity contribution in [3.8, 4) is 17.2 Å². The number of rotatable bonds is 7. The first-order valence-electron chi connectivity index (χ1n) is 8.21. The summed E-state index contributed by atoms with van der Waals surface area (Å²) in [6.45, 7) is 0. The minimum Gasteiger partial charge on any atom is -0.497 e. The second-order valence-corrected chi connectivity index (χ2v) is 6.00. The number of hydrogen-bond acceptors (Lipinski definition) is 6. The highest BCUT2D eigenvalue weighted by molar-refractivity contribution is 7.71. The third kappa shape index (κ3) is 4.17. The molecule has 1 N–H and O–H groups in total. The van der Waals surface area contributed by atoms with Crippen molar-refractivity contribution in [3.05, 3.63) is 64.2 Å². The number of H-pyrrole nitrogens is 1. The van der Waals surface area contributed by atoms with Gasteiger partial charge >= 0.3 is 0 Å². The molecule has 0 bridgehead atoms. The first-order chi connectivity index (χ1) is 13.2. The molecule has 0 atom stereocenters. The smallest absolute Gasteiger partial charge is 0.216 e. The van der Waals surface area contributed by atoms with E-state index in [9.17, 15) is 0 Å². The van der Waals surface area contributed by atoms with Crippen LogP contribution in [0.25, 0.3) is 0 Å². The molecule has 140 valence electrons. The van der Waals surface area contributed by atoms with Crippen LogP contribution in [0.3, 0.4) is 0 Å². The van der Waals surface area contributed by atoms with Gasteiger partial charge in [0.1, 0.15) is 5.75 Å². The lowest BCUT2D eigenvalue weighted by atomic mass is 10.1. The molecule has 0 aliphatic heterocycles. The van der Waals surface area contributed by atoms with Gasteiger partial charge < -0.3 is 14.2 Å². The van der Waals surface area contributed by atoms with Crippen molar-refractivity contribution in [3.63, 3.8) is 0 Å². The molecule has 0 radical (unpaired) electrons. The Morgan fingerprint density at radius 1 is 1.07 bits per heavy atom. The monoisotopic (exact) mass is 384 g/mol. The Morgan fingerprint density at radius 2 is 1.85 bits per heavy atom. The van der Waals surface area contributed by atoms with Gasteiger partial charge in [-0.3, -0.25) is 5.10 Å². The van der Waals surface area contributed by atoms with E-state index in [1.807, 2.05) is 42.5 Å². The molecule has 1 aromatic heterocycles. The molecular weight excluding hydrogens is 364 g/mol. The number of benzene rings is 2. The largest absolute Gasteiger partial charge is 0.497 e. The molecular formula is C19H20N4O3S. The summed E-state index contributed by atoms with van der Waals surface area (Å²) >= 11 is 5.31. The minimum absolute atomic E-state index is 0.414. The first-order valence-corrected chi connectivity index (χ1v) is 8.61. The Balaban J connectivity index is 1.89. The summed E-state index contributed by atoms with van der Waals surface area (Å²) in [6.07, 6.45) is 2.24. The number of hydrogen-bond donors (Lipinski definition) is 1. The highest BCUT2D eigenvalue weighted by Crippen LogP contribution is 2.29.